The van der Waals surface area contributed by atoms with Crippen molar-refractivity contribution in [1.82, 2.24) is 0 Å². The van der Waals surface area contributed by atoms with E-state index in [0.717, 1.165) is 17.1 Å². The lowest BCUT2D eigenvalue weighted by Crippen LogP contribution is -2.24. The van der Waals surface area contributed by atoms with Gasteiger partial charge in [0, 0.05) is 12.5 Å². The van der Waals surface area contributed by atoms with Crippen molar-refractivity contribution in [3.8, 4) is 11.5 Å². The van der Waals surface area contributed by atoms with Crippen LogP contribution < -0.4 is 9.47 Å². The zero-order valence-corrected chi connectivity index (χ0v) is 10.2. The van der Waals surface area contributed by atoms with Gasteiger partial charge in [0.05, 0.1) is 20.4 Å². The van der Waals surface area contributed by atoms with Crippen molar-refractivity contribution in [3.63, 3.8) is 0 Å². The van der Waals surface area contributed by atoms with Crippen LogP contribution in [0.2, 0.25) is 0 Å². The molecule has 1 aromatic rings. The smallest absolute Gasteiger partial charge is 0.122 e. The Hall–Kier alpha value is -1.91. The third kappa shape index (κ3) is 2.61. The number of ether oxygens (including phenoxy) is 2. The van der Waals surface area contributed by atoms with Crippen molar-refractivity contribution in [3.05, 3.63) is 23.8 Å². The van der Waals surface area contributed by atoms with Gasteiger partial charge in [-0.25, -0.2) is 0 Å². The van der Waals surface area contributed by atoms with Crippen molar-refractivity contribution < 1.29 is 9.47 Å². The number of nitrogens with zero attached hydrogens (tertiary/aromatic N) is 3. The van der Waals surface area contributed by atoms with E-state index in [1.807, 2.05) is 25.1 Å². The number of methoxy groups -OCH3 is 2. The van der Waals surface area contributed by atoms with E-state index < -0.39 is 0 Å². The average Bonchev–Trinajstić information content (AvgIpc) is 2.75. The van der Waals surface area contributed by atoms with Crippen LogP contribution in [0.15, 0.2) is 33.6 Å². The standard InChI is InChI=1S/C12H15N3O2/c1-12(8-13-15-14-12)7-9-4-10(16-2)6-11(5-9)17-3/h4-6,8H,7H2,1-3H3. The van der Waals surface area contributed by atoms with Gasteiger partial charge in [0.2, 0.25) is 0 Å². The second-order valence-electron chi connectivity index (χ2n) is 4.19. The Kier molecular flexibility index (Phi) is 3.08. The molecule has 1 unspecified atom stereocenters. The average molecular weight is 233 g/mol. The SMILES string of the molecule is COc1cc(CC2(C)C=NN=N2)cc(OC)c1. The van der Waals surface area contributed by atoms with Gasteiger partial charge < -0.3 is 9.47 Å². The molecule has 1 heterocycles. The molecular weight excluding hydrogens is 218 g/mol. The van der Waals surface area contributed by atoms with E-state index in [4.69, 9.17) is 9.47 Å². The maximum atomic E-state index is 5.23. The number of benzene rings is 1. The molecule has 5 heteroatoms. The van der Waals surface area contributed by atoms with Gasteiger partial charge in [-0.15, -0.1) is 5.10 Å². The van der Waals surface area contributed by atoms with Gasteiger partial charge in [0.1, 0.15) is 17.0 Å². The maximum absolute atomic E-state index is 5.23. The lowest BCUT2D eigenvalue weighted by Gasteiger charge is -2.16. The summed E-state index contributed by atoms with van der Waals surface area (Å²) in [6.45, 7) is 1.99. The van der Waals surface area contributed by atoms with Crippen molar-refractivity contribution in [2.75, 3.05) is 14.2 Å². The van der Waals surface area contributed by atoms with E-state index in [0.29, 0.717) is 6.42 Å². The van der Waals surface area contributed by atoms with Crippen LogP contribution in [-0.4, -0.2) is 26.0 Å². The molecule has 0 saturated heterocycles. The molecule has 0 aromatic heterocycles. The summed E-state index contributed by atoms with van der Waals surface area (Å²) in [6, 6.07) is 5.78. The fourth-order valence-corrected chi connectivity index (χ4v) is 1.77. The molecule has 0 bridgehead atoms. The first kappa shape index (κ1) is 11.6. The molecule has 0 amide bonds. The van der Waals surface area contributed by atoms with Gasteiger partial charge >= 0.3 is 0 Å². The van der Waals surface area contributed by atoms with Crippen molar-refractivity contribution >= 4 is 6.21 Å². The van der Waals surface area contributed by atoms with E-state index in [2.05, 4.69) is 15.4 Å². The second kappa shape index (κ2) is 4.53. The van der Waals surface area contributed by atoms with Gasteiger partial charge in [-0.3, -0.25) is 0 Å². The van der Waals surface area contributed by atoms with Gasteiger partial charge in [-0.05, 0) is 29.8 Å². The molecule has 1 aliphatic rings. The van der Waals surface area contributed by atoms with Crippen LogP contribution in [0.3, 0.4) is 0 Å². The van der Waals surface area contributed by atoms with Crippen molar-refractivity contribution in [2.24, 2.45) is 15.4 Å². The van der Waals surface area contributed by atoms with Crippen LogP contribution in [0.4, 0.5) is 0 Å². The summed E-state index contributed by atoms with van der Waals surface area (Å²) in [7, 11) is 3.27. The Morgan fingerprint density at radius 2 is 1.76 bits per heavy atom. The fraction of sp³-hybridized carbons (Fsp3) is 0.417. The minimum Gasteiger partial charge on any atom is -0.497 e. The largest absolute Gasteiger partial charge is 0.497 e. The summed E-state index contributed by atoms with van der Waals surface area (Å²) in [4.78, 5) is 0. The van der Waals surface area contributed by atoms with E-state index >= 15 is 0 Å². The Morgan fingerprint density at radius 1 is 1.12 bits per heavy atom. The minimum absolute atomic E-state index is 0.364. The summed E-state index contributed by atoms with van der Waals surface area (Å²) >= 11 is 0. The molecule has 90 valence electrons. The van der Waals surface area contributed by atoms with Gasteiger partial charge in [0.15, 0.2) is 0 Å². The molecule has 1 atom stereocenters. The molecule has 5 nitrogen and oxygen atoms in total. The number of hydrogen-bond acceptors (Lipinski definition) is 5. The van der Waals surface area contributed by atoms with Crippen LogP contribution in [0.5, 0.6) is 11.5 Å². The molecule has 0 aliphatic carbocycles. The number of rotatable bonds is 4. The maximum Gasteiger partial charge on any atom is 0.122 e. The quantitative estimate of drug-likeness (QED) is 0.802. The van der Waals surface area contributed by atoms with Crippen molar-refractivity contribution in [2.45, 2.75) is 18.9 Å². The first-order valence-electron chi connectivity index (χ1n) is 5.33. The van der Waals surface area contributed by atoms with Gasteiger partial charge in [0.25, 0.3) is 0 Å². The van der Waals surface area contributed by atoms with Crippen LogP contribution >= 0.6 is 0 Å². The highest BCUT2D eigenvalue weighted by Crippen LogP contribution is 2.27. The van der Waals surface area contributed by atoms with Crippen LogP contribution in [-0.2, 0) is 6.42 Å². The van der Waals surface area contributed by atoms with Gasteiger partial charge in [-0.2, -0.15) is 5.11 Å². The van der Waals surface area contributed by atoms with Crippen LogP contribution in [0, 0.1) is 0 Å². The van der Waals surface area contributed by atoms with Crippen LogP contribution in [0.25, 0.3) is 0 Å². The lowest BCUT2D eigenvalue weighted by molar-refractivity contribution is 0.393. The summed E-state index contributed by atoms with van der Waals surface area (Å²) in [6.07, 6.45) is 2.46. The monoisotopic (exact) mass is 233 g/mol. The predicted octanol–water partition coefficient (Wildman–Crippen LogP) is 2.46. The third-order valence-electron chi connectivity index (χ3n) is 2.63. The molecular formula is C12H15N3O2. The van der Waals surface area contributed by atoms with Crippen molar-refractivity contribution in [1.29, 1.82) is 0 Å². The molecule has 17 heavy (non-hydrogen) atoms. The summed E-state index contributed by atoms with van der Waals surface area (Å²) in [5.74, 6) is 1.55. The van der Waals surface area contributed by atoms with E-state index in [1.54, 1.807) is 20.4 Å². The molecule has 0 N–H and O–H groups in total. The fourth-order valence-electron chi connectivity index (χ4n) is 1.77. The zero-order chi connectivity index (χ0) is 12.3. The summed E-state index contributed by atoms with van der Waals surface area (Å²) in [5.41, 5.74) is 0.716. The van der Waals surface area contributed by atoms with Gasteiger partial charge in [-0.1, -0.05) is 0 Å². The zero-order valence-electron chi connectivity index (χ0n) is 10.2. The number of hydrogen-bond donors (Lipinski definition) is 0. The Labute approximate surface area is 100 Å². The highest BCUT2D eigenvalue weighted by molar-refractivity contribution is 5.71. The molecule has 2 rings (SSSR count). The minimum atomic E-state index is -0.364. The van der Waals surface area contributed by atoms with Crippen LogP contribution in [0.1, 0.15) is 12.5 Å². The molecule has 1 aromatic carbocycles. The summed E-state index contributed by atoms with van der Waals surface area (Å²) < 4.78 is 10.5. The molecule has 0 fully saturated rings. The molecule has 0 saturated carbocycles. The Balaban J connectivity index is 2.26. The first-order valence-corrected chi connectivity index (χ1v) is 5.33. The molecule has 0 spiro atoms. The molecule has 0 radical (unpaired) electrons. The first-order chi connectivity index (χ1) is 8.15. The summed E-state index contributed by atoms with van der Waals surface area (Å²) in [5, 5.41) is 11.5. The highest BCUT2D eigenvalue weighted by atomic mass is 16.5. The second-order valence-corrected chi connectivity index (χ2v) is 4.19. The Bertz CT molecular complexity index is 435. The Morgan fingerprint density at radius 3 is 2.24 bits per heavy atom. The lowest BCUT2D eigenvalue weighted by atomic mass is 9.95. The normalized spacial score (nSPS) is 21.8. The van der Waals surface area contributed by atoms with E-state index in [9.17, 15) is 0 Å². The van der Waals surface area contributed by atoms with E-state index in [-0.39, 0.29) is 5.54 Å². The van der Waals surface area contributed by atoms with E-state index in [1.165, 1.54) is 0 Å². The molecule has 1 aliphatic heterocycles. The third-order valence-corrected chi connectivity index (χ3v) is 2.63. The predicted molar refractivity (Wildman–Crippen MR) is 65.0 cm³/mol. The highest BCUT2D eigenvalue weighted by Gasteiger charge is 2.25. The topological polar surface area (TPSA) is 55.5 Å².